The van der Waals surface area contributed by atoms with E-state index in [2.05, 4.69) is 0 Å². The second-order valence-corrected chi connectivity index (χ2v) is 6.29. The molecule has 2 heterocycles. The molecule has 1 aliphatic heterocycles. The number of anilines is 2. The van der Waals surface area contributed by atoms with Gasteiger partial charge < -0.3 is 14.2 Å². The first kappa shape index (κ1) is 15.4. The number of amides is 2. The molecule has 0 unspecified atom stereocenters. The Kier molecular flexibility index (Phi) is 3.57. The van der Waals surface area contributed by atoms with Crippen LogP contribution >= 0.6 is 0 Å². The summed E-state index contributed by atoms with van der Waals surface area (Å²) in [5.74, 6) is 0.0777. The van der Waals surface area contributed by atoms with Crippen LogP contribution in [0.1, 0.15) is 24.4 Å². The molecule has 1 aliphatic rings. The molecule has 126 valence electrons. The lowest BCUT2D eigenvalue weighted by atomic mass is 10.1. The van der Waals surface area contributed by atoms with Crippen LogP contribution in [0.2, 0.25) is 0 Å². The molecule has 2 aromatic carbocycles. The number of carbonyl (C=O) groups excluding carboxylic acids is 2. The second kappa shape index (κ2) is 5.77. The first-order chi connectivity index (χ1) is 12.1. The largest absolute Gasteiger partial charge is 0.451 e. The Morgan fingerprint density at radius 1 is 1.04 bits per heavy atom. The molecule has 4 rings (SSSR count). The van der Waals surface area contributed by atoms with Gasteiger partial charge in [0.05, 0.1) is 17.4 Å². The highest BCUT2D eigenvalue weighted by Gasteiger charge is 2.34. The molecule has 0 radical (unpaired) electrons. The summed E-state index contributed by atoms with van der Waals surface area (Å²) in [7, 11) is 0. The van der Waals surface area contributed by atoms with Gasteiger partial charge in [-0.15, -0.1) is 0 Å². The van der Waals surface area contributed by atoms with E-state index in [1.165, 1.54) is 0 Å². The highest BCUT2D eigenvalue weighted by molar-refractivity contribution is 6.10. The smallest absolute Gasteiger partial charge is 0.294 e. The van der Waals surface area contributed by atoms with Crippen LogP contribution in [0.5, 0.6) is 0 Å². The Hall–Kier alpha value is -3.08. The summed E-state index contributed by atoms with van der Waals surface area (Å²) in [6, 6.07) is 16.7. The van der Waals surface area contributed by atoms with E-state index in [1.807, 2.05) is 55.5 Å². The van der Waals surface area contributed by atoms with Crippen molar-refractivity contribution >= 4 is 34.2 Å². The standard InChI is InChI=1S/C20H18N2O3/c1-13-12-21(16-8-4-5-9-17(16)22(13)14(2)23)20(24)19-11-15-7-3-6-10-18(15)25-19/h3-11,13H,12H2,1-2H3/t13-/m0/s1. The quantitative estimate of drug-likeness (QED) is 0.679. The predicted octanol–water partition coefficient (Wildman–Crippen LogP) is 3.83. The molecule has 25 heavy (non-hydrogen) atoms. The molecule has 0 bridgehead atoms. The van der Waals surface area contributed by atoms with Gasteiger partial charge in [0.2, 0.25) is 5.91 Å². The zero-order chi connectivity index (χ0) is 17.6. The van der Waals surface area contributed by atoms with Gasteiger partial charge in [0.1, 0.15) is 5.58 Å². The number of hydrogen-bond donors (Lipinski definition) is 0. The molecule has 0 fully saturated rings. The normalized spacial score (nSPS) is 16.8. The lowest BCUT2D eigenvalue weighted by molar-refractivity contribution is -0.117. The van der Waals surface area contributed by atoms with Crippen LogP contribution in [0.3, 0.4) is 0 Å². The van der Waals surface area contributed by atoms with Crippen molar-refractivity contribution < 1.29 is 14.0 Å². The third-order valence-electron chi connectivity index (χ3n) is 4.54. The van der Waals surface area contributed by atoms with Gasteiger partial charge in [0, 0.05) is 18.9 Å². The van der Waals surface area contributed by atoms with Crippen LogP contribution in [-0.4, -0.2) is 24.4 Å². The van der Waals surface area contributed by atoms with E-state index in [9.17, 15) is 9.59 Å². The maximum Gasteiger partial charge on any atom is 0.294 e. The molecule has 2 amide bonds. The lowest BCUT2D eigenvalue weighted by Crippen LogP contribution is -2.51. The minimum absolute atomic E-state index is 0.0317. The molecular weight excluding hydrogens is 316 g/mol. The SMILES string of the molecule is CC(=O)N1c2ccccc2N(C(=O)c2cc3ccccc3o2)C[C@@H]1C. The number of fused-ring (bicyclic) bond motifs is 2. The van der Waals surface area contributed by atoms with Crippen molar-refractivity contribution in [3.8, 4) is 0 Å². The zero-order valence-corrected chi connectivity index (χ0v) is 14.1. The van der Waals surface area contributed by atoms with Crippen LogP contribution in [0.15, 0.2) is 59.0 Å². The molecule has 1 atom stereocenters. The van der Waals surface area contributed by atoms with Crippen molar-refractivity contribution in [2.24, 2.45) is 0 Å². The Morgan fingerprint density at radius 2 is 1.72 bits per heavy atom. The van der Waals surface area contributed by atoms with E-state index in [-0.39, 0.29) is 17.9 Å². The number of carbonyl (C=O) groups is 2. The Labute approximate surface area is 145 Å². The van der Waals surface area contributed by atoms with Gasteiger partial charge in [-0.25, -0.2) is 0 Å². The van der Waals surface area contributed by atoms with Crippen molar-refractivity contribution in [1.82, 2.24) is 0 Å². The second-order valence-electron chi connectivity index (χ2n) is 6.29. The Morgan fingerprint density at radius 3 is 2.44 bits per heavy atom. The van der Waals surface area contributed by atoms with Crippen LogP contribution < -0.4 is 9.80 Å². The maximum atomic E-state index is 13.1. The number of furan rings is 1. The van der Waals surface area contributed by atoms with Crippen molar-refractivity contribution in [2.75, 3.05) is 16.3 Å². The maximum absolute atomic E-state index is 13.1. The summed E-state index contributed by atoms with van der Waals surface area (Å²) in [4.78, 5) is 28.5. The molecule has 0 N–H and O–H groups in total. The van der Waals surface area contributed by atoms with Gasteiger partial charge in [-0.1, -0.05) is 30.3 Å². The fourth-order valence-corrected chi connectivity index (χ4v) is 3.47. The first-order valence-electron chi connectivity index (χ1n) is 8.25. The predicted molar refractivity (Wildman–Crippen MR) is 97.0 cm³/mol. The van der Waals surface area contributed by atoms with Gasteiger partial charge in [-0.05, 0) is 31.2 Å². The zero-order valence-electron chi connectivity index (χ0n) is 14.1. The van der Waals surface area contributed by atoms with Crippen molar-refractivity contribution in [1.29, 1.82) is 0 Å². The monoisotopic (exact) mass is 334 g/mol. The average Bonchev–Trinajstić information content (AvgIpc) is 3.04. The van der Waals surface area contributed by atoms with Crippen molar-refractivity contribution in [3.63, 3.8) is 0 Å². The fourth-order valence-electron chi connectivity index (χ4n) is 3.47. The van der Waals surface area contributed by atoms with Crippen LogP contribution in [0.4, 0.5) is 11.4 Å². The van der Waals surface area contributed by atoms with Gasteiger partial charge in [-0.2, -0.15) is 0 Å². The van der Waals surface area contributed by atoms with Crippen LogP contribution in [-0.2, 0) is 4.79 Å². The number of para-hydroxylation sites is 3. The van der Waals surface area contributed by atoms with E-state index >= 15 is 0 Å². The Bertz CT molecular complexity index is 943. The van der Waals surface area contributed by atoms with Gasteiger partial charge in [-0.3, -0.25) is 9.59 Å². The van der Waals surface area contributed by atoms with E-state index in [0.29, 0.717) is 17.9 Å². The number of rotatable bonds is 1. The number of hydrogen-bond acceptors (Lipinski definition) is 3. The van der Waals surface area contributed by atoms with Crippen molar-refractivity contribution in [3.05, 3.63) is 60.4 Å². The van der Waals surface area contributed by atoms with E-state index in [0.717, 1.165) is 16.8 Å². The minimum atomic E-state index is -0.196. The van der Waals surface area contributed by atoms with E-state index < -0.39 is 0 Å². The summed E-state index contributed by atoms with van der Waals surface area (Å²) >= 11 is 0. The van der Waals surface area contributed by atoms with Crippen molar-refractivity contribution in [2.45, 2.75) is 19.9 Å². The number of nitrogens with zero attached hydrogens (tertiary/aromatic N) is 2. The molecule has 0 aliphatic carbocycles. The summed E-state index contributed by atoms with van der Waals surface area (Å²) < 4.78 is 5.74. The molecular formula is C20H18N2O3. The molecule has 0 saturated carbocycles. The van der Waals surface area contributed by atoms with Gasteiger partial charge in [0.25, 0.3) is 5.91 Å². The summed E-state index contributed by atoms with van der Waals surface area (Å²) in [6.45, 7) is 3.91. The highest BCUT2D eigenvalue weighted by Crippen LogP contribution is 2.36. The van der Waals surface area contributed by atoms with Gasteiger partial charge in [0.15, 0.2) is 5.76 Å². The topological polar surface area (TPSA) is 53.8 Å². The number of benzene rings is 2. The minimum Gasteiger partial charge on any atom is -0.451 e. The van der Waals surface area contributed by atoms with Crippen LogP contribution in [0.25, 0.3) is 11.0 Å². The third kappa shape index (κ3) is 2.48. The van der Waals surface area contributed by atoms with E-state index in [4.69, 9.17) is 4.42 Å². The molecule has 5 heteroatoms. The third-order valence-corrected chi connectivity index (χ3v) is 4.54. The molecule has 5 nitrogen and oxygen atoms in total. The Balaban J connectivity index is 1.78. The average molecular weight is 334 g/mol. The molecule has 3 aromatic rings. The van der Waals surface area contributed by atoms with E-state index in [1.54, 1.807) is 22.8 Å². The first-order valence-corrected chi connectivity index (χ1v) is 8.25. The fraction of sp³-hybridized carbons (Fsp3) is 0.200. The molecule has 0 saturated heterocycles. The summed E-state index contributed by atoms with van der Waals surface area (Å²) in [6.07, 6.45) is 0. The summed E-state index contributed by atoms with van der Waals surface area (Å²) in [5.41, 5.74) is 2.16. The highest BCUT2D eigenvalue weighted by atomic mass is 16.3. The van der Waals surface area contributed by atoms with Gasteiger partial charge >= 0.3 is 0 Å². The summed E-state index contributed by atoms with van der Waals surface area (Å²) in [5, 5.41) is 0.898. The molecule has 1 aromatic heterocycles. The lowest BCUT2D eigenvalue weighted by Gasteiger charge is -2.40. The van der Waals surface area contributed by atoms with Crippen LogP contribution in [0, 0.1) is 0 Å². The molecule has 0 spiro atoms.